The lowest BCUT2D eigenvalue weighted by Crippen LogP contribution is -2.05. The fourth-order valence-corrected chi connectivity index (χ4v) is 1.20. The summed E-state index contributed by atoms with van der Waals surface area (Å²) in [5, 5.41) is 9.23. The van der Waals surface area contributed by atoms with Gasteiger partial charge < -0.3 is 9.84 Å². The molecule has 0 aromatic carbocycles. The maximum absolute atomic E-state index is 9.23. The van der Waals surface area contributed by atoms with Crippen molar-refractivity contribution in [2.24, 2.45) is 5.92 Å². The van der Waals surface area contributed by atoms with E-state index in [9.17, 15) is 5.11 Å². The number of aliphatic hydroxyl groups excluding tert-OH is 1. The molecule has 0 saturated carbocycles. The van der Waals surface area contributed by atoms with Crippen LogP contribution in [-0.4, -0.2) is 21.7 Å². The molecular formula is C12H20N2O2. The Morgan fingerprint density at radius 1 is 1.31 bits per heavy atom. The van der Waals surface area contributed by atoms with E-state index in [2.05, 4.69) is 23.8 Å². The van der Waals surface area contributed by atoms with Gasteiger partial charge in [0.2, 0.25) is 0 Å². The highest BCUT2D eigenvalue weighted by Gasteiger charge is 2.04. The van der Waals surface area contributed by atoms with Gasteiger partial charge in [0.05, 0.1) is 19.0 Å². The van der Waals surface area contributed by atoms with Crippen molar-refractivity contribution < 1.29 is 9.84 Å². The number of rotatable bonds is 6. The first-order chi connectivity index (χ1) is 7.63. The molecule has 4 nitrogen and oxygen atoms in total. The lowest BCUT2D eigenvalue weighted by atomic mass is 10.1. The third-order valence-corrected chi connectivity index (χ3v) is 2.60. The Morgan fingerprint density at radius 2 is 1.94 bits per heavy atom. The molecule has 2 atom stereocenters. The van der Waals surface area contributed by atoms with Crippen LogP contribution in [-0.2, 0) is 0 Å². The molecule has 1 N–H and O–H groups in total. The van der Waals surface area contributed by atoms with E-state index in [4.69, 9.17) is 4.74 Å². The number of ether oxygens (including phenoxy) is 1. The van der Waals surface area contributed by atoms with Gasteiger partial charge in [-0.15, -0.1) is 0 Å². The van der Waals surface area contributed by atoms with Gasteiger partial charge in [-0.1, -0.05) is 20.3 Å². The Hall–Kier alpha value is -1.16. The monoisotopic (exact) mass is 224 g/mol. The van der Waals surface area contributed by atoms with Crippen LogP contribution < -0.4 is 4.74 Å². The van der Waals surface area contributed by atoms with Crippen LogP contribution in [0.5, 0.6) is 5.75 Å². The maximum atomic E-state index is 9.23. The Labute approximate surface area is 96.7 Å². The van der Waals surface area contributed by atoms with Crippen LogP contribution in [0.25, 0.3) is 0 Å². The quantitative estimate of drug-likeness (QED) is 0.805. The molecule has 1 rings (SSSR count). The van der Waals surface area contributed by atoms with Crippen LogP contribution in [0.4, 0.5) is 0 Å². The van der Waals surface area contributed by atoms with Crippen molar-refractivity contribution in [2.45, 2.75) is 39.7 Å². The molecule has 90 valence electrons. The average Bonchev–Trinajstić information content (AvgIpc) is 2.29. The SMILES string of the molecule is CCC(C)CCOc1cnc(C(C)O)nc1. The van der Waals surface area contributed by atoms with Gasteiger partial charge in [0.1, 0.15) is 6.10 Å². The summed E-state index contributed by atoms with van der Waals surface area (Å²) in [6, 6.07) is 0. The molecule has 0 amide bonds. The Balaban J connectivity index is 2.38. The highest BCUT2D eigenvalue weighted by atomic mass is 16.5. The molecule has 0 aliphatic heterocycles. The summed E-state index contributed by atoms with van der Waals surface area (Å²) in [6.45, 7) is 6.70. The normalized spacial score (nSPS) is 14.5. The fraction of sp³-hybridized carbons (Fsp3) is 0.667. The molecule has 1 heterocycles. The zero-order chi connectivity index (χ0) is 12.0. The van der Waals surface area contributed by atoms with E-state index < -0.39 is 6.10 Å². The van der Waals surface area contributed by atoms with Gasteiger partial charge in [0, 0.05) is 0 Å². The van der Waals surface area contributed by atoms with Crippen molar-refractivity contribution in [3.05, 3.63) is 18.2 Å². The molecule has 0 fully saturated rings. The van der Waals surface area contributed by atoms with Crippen molar-refractivity contribution in [3.63, 3.8) is 0 Å². The Bertz CT molecular complexity index is 298. The van der Waals surface area contributed by atoms with Crippen LogP contribution in [0.2, 0.25) is 0 Å². The number of hydrogen-bond donors (Lipinski definition) is 1. The first-order valence-corrected chi connectivity index (χ1v) is 5.76. The maximum Gasteiger partial charge on any atom is 0.156 e. The van der Waals surface area contributed by atoms with Crippen LogP contribution >= 0.6 is 0 Å². The summed E-state index contributed by atoms with van der Waals surface area (Å²) in [6.07, 6.45) is 4.78. The lowest BCUT2D eigenvalue weighted by molar-refractivity contribution is 0.188. The van der Waals surface area contributed by atoms with Gasteiger partial charge >= 0.3 is 0 Å². The molecular weight excluding hydrogens is 204 g/mol. The van der Waals surface area contributed by atoms with Gasteiger partial charge in [-0.3, -0.25) is 0 Å². The van der Waals surface area contributed by atoms with E-state index in [0.717, 1.165) is 6.42 Å². The molecule has 1 aromatic heterocycles. The second-order valence-corrected chi connectivity index (χ2v) is 4.10. The number of hydrogen-bond acceptors (Lipinski definition) is 4. The molecule has 16 heavy (non-hydrogen) atoms. The first kappa shape index (κ1) is 12.9. The number of aliphatic hydroxyl groups is 1. The minimum absolute atomic E-state index is 0.425. The van der Waals surface area contributed by atoms with E-state index >= 15 is 0 Å². The van der Waals surface area contributed by atoms with Crippen LogP contribution in [0, 0.1) is 5.92 Å². The predicted octanol–water partition coefficient (Wildman–Crippen LogP) is 2.34. The largest absolute Gasteiger partial charge is 0.490 e. The average molecular weight is 224 g/mol. The van der Waals surface area contributed by atoms with E-state index in [0.29, 0.717) is 24.1 Å². The van der Waals surface area contributed by atoms with Crippen LogP contribution in [0.15, 0.2) is 12.4 Å². The van der Waals surface area contributed by atoms with Crippen molar-refractivity contribution in [2.75, 3.05) is 6.61 Å². The topological polar surface area (TPSA) is 55.2 Å². The minimum atomic E-state index is -0.630. The molecule has 0 aliphatic carbocycles. The summed E-state index contributed by atoms with van der Waals surface area (Å²) < 4.78 is 5.51. The Morgan fingerprint density at radius 3 is 2.44 bits per heavy atom. The fourth-order valence-electron chi connectivity index (χ4n) is 1.20. The molecule has 0 aliphatic rings. The Kier molecular flexibility index (Phi) is 5.19. The second-order valence-electron chi connectivity index (χ2n) is 4.10. The first-order valence-electron chi connectivity index (χ1n) is 5.76. The number of nitrogens with zero attached hydrogens (tertiary/aromatic N) is 2. The number of aromatic nitrogens is 2. The van der Waals surface area contributed by atoms with E-state index in [1.165, 1.54) is 6.42 Å². The molecule has 0 bridgehead atoms. The standard InChI is InChI=1S/C12H20N2O2/c1-4-9(2)5-6-16-11-7-13-12(10(3)15)14-8-11/h7-10,15H,4-6H2,1-3H3. The van der Waals surface area contributed by atoms with Gasteiger partial charge in [-0.05, 0) is 19.3 Å². The van der Waals surface area contributed by atoms with Crippen molar-refractivity contribution in [3.8, 4) is 5.75 Å². The second kappa shape index (κ2) is 6.43. The molecule has 2 unspecified atom stereocenters. The lowest BCUT2D eigenvalue weighted by Gasteiger charge is -2.10. The molecule has 1 aromatic rings. The van der Waals surface area contributed by atoms with Crippen molar-refractivity contribution in [1.82, 2.24) is 9.97 Å². The summed E-state index contributed by atoms with van der Waals surface area (Å²) >= 11 is 0. The van der Waals surface area contributed by atoms with E-state index in [-0.39, 0.29) is 0 Å². The zero-order valence-corrected chi connectivity index (χ0v) is 10.2. The minimum Gasteiger partial charge on any atom is -0.490 e. The molecule has 0 saturated heterocycles. The van der Waals surface area contributed by atoms with Crippen LogP contribution in [0.1, 0.15) is 45.5 Å². The van der Waals surface area contributed by atoms with E-state index in [1.807, 2.05) is 0 Å². The van der Waals surface area contributed by atoms with Gasteiger partial charge in [-0.25, -0.2) is 9.97 Å². The smallest absolute Gasteiger partial charge is 0.156 e. The highest BCUT2D eigenvalue weighted by molar-refractivity contribution is 5.12. The van der Waals surface area contributed by atoms with Crippen molar-refractivity contribution >= 4 is 0 Å². The van der Waals surface area contributed by atoms with Gasteiger partial charge in [0.25, 0.3) is 0 Å². The molecule has 0 spiro atoms. The van der Waals surface area contributed by atoms with E-state index in [1.54, 1.807) is 19.3 Å². The zero-order valence-electron chi connectivity index (χ0n) is 10.2. The van der Waals surface area contributed by atoms with Gasteiger partial charge in [-0.2, -0.15) is 0 Å². The molecule has 4 heteroatoms. The summed E-state index contributed by atoms with van der Waals surface area (Å²) in [5.74, 6) is 1.76. The third-order valence-electron chi connectivity index (χ3n) is 2.60. The summed E-state index contributed by atoms with van der Waals surface area (Å²) in [7, 11) is 0. The summed E-state index contributed by atoms with van der Waals surface area (Å²) in [4.78, 5) is 8.02. The predicted molar refractivity (Wildman–Crippen MR) is 62.2 cm³/mol. The van der Waals surface area contributed by atoms with Crippen molar-refractivity contribution in [1.29, 1.82) is 0 Å². The highest BCUT2D eigenvalue weighted by Crippen LogP contribution is 2.12. The summed E-state index contributed by atoms with van der Waals surface area (Å²) in [5.41, 5.74) is 0. The third kappa shape index (κ3) is 4.14. The van der Waals surface area contributed by atoms with Gasteiger partial charge in [0.15, 0.2) is 11.6 Å². The molecule has 0 radical (unpaired) electrons. The van der Waals surface area contributed by atoms with Crippen LogP contribution in [0.3, 0.4) is 0 Å².